The van der Waals surface area contributed by atoms with E-state index in [4.69, 9.17) is 0 Å². The number of anilines is 1. The van der Waals surface area contributed by atoms with Gasteiger partial charge in [0.2, 0.25) is 5.91 Å². The van der Waals surface area contributed by atoms with E-state index in [1.165, 1.54) is 6.07 Å². The molecule has 0 spiro atoms. The smallest absolute Gasteiger partial charge is 0.238 e. The molecule has 1 aliphatic heterocycles. The van der Waals surface area contributed by atoms with Crippen molar-refractivity contribution in [2.45, 2.75) is 33.2 Å². The summed E-state index contributed by atoms with van der Waals surface area (Å²) in [7, 11) is 0. The van der Waals surface area contributed by atoms with Gasteiger partial charge in [-0.2, -0.15) is 0 Å². The Bertz CT molecular complexity index is 845. The van der Waals surface area contributed by atoms with Crippen molar-refractivity contribution in [2.75, 3.05) is 4.90 Å². The predicted molar refractivity (Wildman–Crippen MR) is 105 cm³/mol. The zero-order valence-corrected chi connectivity index (χ0v) is 16.7. The molecule has 0 radical (unpaired) electrons. The van der Waals surface area contributed by atoms with Gasteiger partial charge in [-0.15, -0.1) is 0 Å². The zero-order chi connectivity index (χ0) is 19.1. The van der Waals surface area contributed by atoms with Crippen LogP contribution in [0.5, 0.6) is 5.75 Å². The van der Waals surface area contributed by atoms with Crippen molar-refractivity contribution in [3.8, 4) is 5.75 Å². The number of halogens is 1. The van der Waals surface area contributed by atoms with Crippen LogP contribution in [0.1, 0.15) is 37.6 Å². The minimum absolute atomic E-state index is 0.0212. The molecule has 26 heavy (non-hydrogen) atoms. The number of aromatic hydroxyl groups is 1. The summed E-state index contributed by atoms with van der Waals surface area (Å²) in [6.07, 6.45) is 0.693. The number of hydrogen-bond donors (Lipinski definition) is 1. The average Bonchev–Trinajstić information content (AvgIpc) is 2.55. The number of Topliss-reactive ketones (excluding diaryl/α,β-unsaturated/α-hetero) is 1. The highest BCUT2D eigenvalue weighted by Crippen LogP contribution is 2.43. The van der Waals surface area contributed by atoms with Crippen molar-refractivity contribution in [2.24, 2.45) is 11.3 Å². The van der Waals surface area contributed by atoms with Gasteiger partial charge in [0.25, 0.3) is 0 Å². The number of benzene rings is 2. The van der Waals surface area contributed by atoms with Crippen molar-refractivity contribution >= 4 is 33.3 Å². The second kappa shape index (κ2) is 6.88. The quantitative estimate of drug-likeness (QED) is 0.578. The van der Waals surface area contributed by atoms with Crippen LogP contribution in [-0.2, 0) is 4.79 Å². The van der Waals surface area contributed by atoms with Crippen molar-refractivity contribution in [3.05, 3.63) is 58.6 Å². The SMILES string of the molecule is CC1CC(C)(C)C(C(=O)c2ccccc2O)C(=O)N1c1ccc(Br)cc1. The first-order chi connectivity index (χ1) is 12.2. The molecule has 0 saturated carbocycles. The lowest BCUT2D eigenvalue weighted by atomic mass is 9.67. The van der Waals surface area contributed by atoms with E-state index in [9.17, 15) is 14.7 Å². The molecule has 5 heteroatoms. The van der Waals surface area contributed by atoms with Gasteiger partial charge in [-0.25, -0.2) is 0 Å². The Morgan fingerprint density at radius 2 is 1.77 bits per heavy atom. The van der Waals surface area contributed by atoms with Gasteiger partial charge in [-0.05, 0) is 55.2 Å². The zero-order valence-electron chi connectivity index (χ0n) is 15.1. The first kappa shape index (κ1) is 18.6. The van der Waals surface area contributed by atoms with Crippen molar-refractivity contribution < 1.29 is 14.7 Å². The van der Waals surface area contributed by atoms with Crippen molar-refractivity contribution in [1.82, 2.24) is 0 Å². The molecule has 1 fully saturated rings. The minimum atomic E-state index is -0.837. The van der Waals surface area contributed by atoms with E-state index in [0.717, 1.165) is 10.2 Å². The summed E-state index contributed by atoms with van der Waals surface area (Å²) in [4.78, 5) is 28.3. The van der Waals surface area contributed by atoms with E-state index in [1.807, 2.05) is 45.0 Å². The van der Waals surface area contributed by atoms with Gasteiger partial charge in [0.05, 0.1) is 5.56 Å². The van der Waals surface area contributed by atoms with Crippen LogP contribution in [0.3, 0.4) is 0 Å². The molecule has 2 aromatic carbocycles. The van der Waals surface area contributed by atoms with Gasteiger partial charge in [0.15, 0.2) is 5.78 Å². The monoisotopic (exact) mass is 415 g/mol. The number of nitrogens with zero attached hydrogens (tertiary/aromatic N) is 1. The van der Waals surface area contributed by atoms with E-state index in [0.29, 0.717) is 6.42 Å². The van der Waals surface area contributed by atoms with Crippen LogP contribution in [0.2, 0.25) is 0 Å². The number of phenols is 1. The van der Waals surface area contributed by atoms with E-state index < -0.39 is 11.3 Å². The number of carbonyl (C=O) groups excluding carboxylic acids is 2. The Balaban J connectivity index is 2.03. The maximum absolute atomic E-state index is 13.4. The van der Waals surface area contributed by atoms with Gasteiger partial charge >= 0.3 is 0 Å². The van der Waals surface area contributed by atoms with E-state index >= 15 is 0 Å². The van der Waals surface area contributed by atoms with Crippen LogP contribution in [-0.4, -0.2) is 22.8 Å². The highest BCUT2D eigenvalue weighted by atomic mass is 79.9. The first-order valence-electron chi connectivity index (χ1n) is 8.63. The fourth-order valence-electron chi connectivity index (χ4n) is 3.95. The van der Waals surface area contributed by atoms with Crippen LogP contribution >= 0.6 is 15.9 Å². The highest BCUT2D eigenvalue weighted by molar-refractivity contribution is 9.10. The first-order valence-corrected chi connectivity index (χ1v) is 9.42. The standard InChI is InChI=1S/C21H22BrNO3/c1-13-12-21(2,3)18(19(25)16-6-4-5-7-17(16)24)20(26)23(13)15-10-8-14(22)9-11-15/h4-11,13,18,24H,12H2,1-3H3. The lowest BCUT2D eigenvalue weighted by molar-refractivity contribution is -0.127. The largest absolute Gasteiger partial charge is 0.507 e. The predicted octanol–water partition coefficient (Wildman–Crippen LogP) is 4.81. The Morgan fingerprint density at radius 3 is 2.38 bits per heavy atom. The molecule has 4 nitrogen and oxygen atoms in total. The normalized spacial score (nSPS) is 22.3. The van der Waals surface area contributed by atoms with Crippen molar-refractivity contribution in [1.29, 1.82) is 0 Å². The molecule has 2 atom stereocenters. The second-order valence-corrected chi connectivity index (χ2v) is 8.46. The molecule has 1 saturated heterocycles. The van der Waals surface area contributed by atoms with Crippen LogP contribution in [0, 0.1) is 11.3 Å². The van der Waals surface area contributed by atoms with Crippen LogP contribution < -0.4 is 4.90 Å². The Kier molecular flexibility index (Phi) is 4.93. The van der Waals surface area contributed by atoms with E-state index in [1.54, 1.807) is 23.1 Å². The van der Waals surface area contributed by atoms with Crippen molar-refractivity contribution in [3.63, 3.8) is 0 Å². The summed E-state index contributed by atoms with van der Waals surface area (Å²) in [5.41, 5.74) is 0.474. The fraction of sp³-hybridized carbons (Fsp3) is 0.333. The molecule has 1 aliphatic rings. The fourth-order valence-corrected chi connectivity index (χ4v) is 4.21. The number of amides is 1. The summed E-state index contributed by atoms with van der Waals surface area (Å²) in [6, 6.07) is 13.9. The molecular weight excluding hydrogens is 394 g/mol. The Morgan fingerprint density at radius 1 is 1.15 bits per heavy atom. The highest BCUT2D eigenvalue weighted by Gasteiger charge is 2.49. The van der Waals surface area contributed by atoms with Crippen LogP contribution in [0.4, 0.5) is 5.69 Å². The maximum atomic E-state index is 13.4. The topological polar surface area (TPSA) is 57.6 Å². The Hall–Kier alpha value is -2.14. The molecule has 0 bridgehead atoms. The third-order valence-corrected chi connectivity index (χ3v) is 5.59. The molecule has 136 valence electrons. The average molecular weight is 416 g/mol. The van der Waals surface area contributed by atoms with E-state index in [2.05, 4.69) is 15.9 Å². The molecule has 1 N–H and O–H groups in total. The summed E-state index contributed by atoms with van der Waals surface area (Å²) in [5, 5.41) is 10.1. The van der Waals surface area contributed by atoms with Gasteiger partial charge in [0, 0.05) is 16.2 Å². The van der Waals surface area contributed by atoms with Crippen LogP contribution in [0.25, 0.3) is 0 Å². The number of ketones is 1. The van der Waals surface area contributed by atoms with E-state index in [-0.39, 0.29) is 29.0 Å². The second-order valence-electron chi connectivity index (χ2n) is 7.54. The van der Waals surface area contributed by atoms with Gasteiger partial charge in [-0.3, -0.25) is 9.59 Å². The third kappa shape index (κ3) is 3.28. The van der Waals surface area contributed by atoms with Gasteiger partial charge in [-0.1, -0.05) is 41.9 Å². The summed E-state index contributed by atoms with van der Waals surface area (Å²) in [6.45, 7) is 5.90. The molecule has 2 unspecified atom stereocenters. The summed E-state index contributed by atoms with van der Waals surface area (Å²) in [5.74, 6) is -1.47. The number of hydrogen-bond acceptors (Lipinski definition) is 3. The van der Waals surface area contributed by atoms with Crippen LogP contribution in [0.15, 0.2) is 53.0 Å². The molecular formula is C21H22BrNO3. The lowest BCUT2D eigenvalue weighted by Crippen LogP contribution is -2.56. The molecule has 1 amide bonds. The number of piperidine rings is 1. The Labute approximate surface area is 162 Å². The summed E-state index contributed by atoms with van der Waals surface area (Å²) < 4.78 is 0.931. The third-order valence-electron chi connectivity index (χ3n) is 5.06. The molecule has 2 aromatic rings. The number of carbonyl (C=O) groups is 2. The van der Waals surface area contributed by atoms with Gasteiger partial charge in [0.1, 0.15) is 11.7 Å². The summed E-state index contributed by atoms with van der Waals surface area (Å²) >= 11 is 3.41. The number of rotatable bonds is 3. The molecule has 0 aliphatic carbocycles. The molecule has 0 aromatic heterocycles. The maximum Gasteiger partial charge on any atom is 0.238 e. The molecule has 3 rings (SSSR count). The number of para-hydroxylation sites is 1. The van der Waals surface area contributed by atoms with Gasteiger partial charge < -0.3 is 10.0 Å². The minimum Gasteiger partial charge on any atom is -0.507 e. The number of phenolic OH excluding ortho intramolecular Hbond substituents is 1. The molecule has 1 heterocycles. The lowest BCUT2D eigenvalue weighted by Gasteiger charge is -2.46.